The number of hydrogen-bond acceptors (Lipinski definition) is 4. The Morgan fingerprint density at radius 3 is 2.32 bits per heavy atom. The maximum absolute atomic E-state index is 13.4. The molecule has 0 fully saturated rings. The van der Waals surface area contributed by atoms with E-state index in [1.54, 1.807) is 42.5 Å². The van der Waals surface area contributed by atoms with E-state index < -0.39 is 6.55 Å². The lowest BCUT2D eigenvalue weighted by Crippen LogP contribution is -2.00. The van der Waals surface area contributed by atoms with E-state index in [0.29, 0.717) is 16.6 Å². The van der Waals surface area contributed by atoms with E-state index in [2.05, 4.69) is 4.98 Å². The molecule has 0 aliphatic heterocycles. The molecule has 2 aromatic carbocycles. The zero-order chi connectivity index (χ0) is 18.0. The lowest BCUT2D eigenvalue weighted by Gasteiger charge is -2.09. The van der Waals surface area contributed by atoms with Crippen molar-refractivity contribution in [2.45, 2.75) is 6.55 Å². The molecule has 0 radical (unpaired) electrons. The van der Waals surface area contributed by atoms with E-state index in [9.17, 15) is 13.9 Å². The third-order valence-electron chi connectivity index (χ3n) is 3.75. The van der Waals surface area contributed by atoms with Gasteiger partial charge in [-0.05, 0) is 35.9 Å². The molecule has 0 saturated carbocycles. The Labute approximate surface area is 142 Å². The van der Waals surface area contributed by atoms with Crippen LogP contribution in [0.25, 0.3) is 23.2 Å². The van der Waals surface area contributed by atoms with E-state index in [0.717, 1.165) is 4.57 Å². The quantitative estimate of drug-likeness (QED) is 0.747. The van der Waals surface area contributed by atoms with Gasteiger partial charge in [0.15, 0.2) is 11.5 Å². The molecule has 0 aliphatic carbocycles. The minimum atomic E-state index is -2.71. The highest BCUT2D eigenvalue weighted by molar-refractivity contribution is 5.80. The summed E-state index contributed by atoms with van der Waals surface area (Å²) in [5.74, 6) is 0.451. The molecular formula is C18H16F2N2O3. The molecular weight excluding hydrogens is 330 g/mol. The molecule has 0 saturated heterocycles. The normalized spacial score (nSPS) is 11.6. The number of imidazole rings is 1. The van der Waals surface area contributed by atoms with E-state index >= 15 is 0 Å². The number of methoxy groups -OCH3 is 2. The molecule has 0 unspecified atom stereocenters. The van der Waals surface area contributed by atoms with Crippen LogP contribution in [-0.4, -0.2) is 28.9 Å². The van der Waals surface area contributed by atoms with Gasteiger partial charge in [-0.15, -0.1) is 0 Å². The topological polar surface area (TPSA) is 56.5 Å². The second-order valence-electron chi connectivity index (χ2n) is 5.21. The van der Waals surface area contributed by atoms with Gasteiger partial charge < -0.3 is 14.6 Å². The summed E-state index contributed by atoms with van der Waals surface area (Å²) in [6, 6.07) is 9.85. The van der Waals surface area contributed by atoms with Gasteiger partial charge >= 0.3 is 6.55 Å². The number of halogens is 2. The number of phenolic OH excluding ortho intramolecular Hbond substituents is 1. The molecule has 3 aromatic rings. The van der Waals surface area contributed by atoms with Crippen molar-refractivity contribution in [3.63, 3.8) is 0 Å². The van der Waals surface area contributed by atoms with Crippen molar-refractivity contribution < 1.29 is 23.4 Å². The lowest BCUT2D eigenvalue weighted by atomic mass is 10.1. The van der Waals surface area contributed by atoms with Gasteiger partial charge in [-0.1, -0.05) is 18.2 Å². The number of fused-ring (bicyclic) bond motifs is 1. The Kier molecular flexibility index (Phi) is 4.56. The Bertz CT molecular complexity index is 910. The van der Waals surface area contributed by atoms with E-state index in [4.69, 9.17) is 9.47 Å². The fraction of sp³-hybridized carbons (Fsp3) is 0.167. The second kappa shape index (κ2) is 6.80. The number of aromatic hydroxyl groups is 1. The smallest absolute Gasteiger partial charge is 0.320 e. The summed E-state index contributed by atoms with van der Waals surface area (Å²) < 4.78 is 37.9. The molecule has 1 heterocycles. The molecule has 1 aromatic heterocycles. The molecule has 7 heteroatoms. The first-order valence-electron chi connectivity index (χ1n) is 7.43. The average Bonchev–Trinajstić information content (AvgIpc) is 2.99. The fourth-order valence-corrected chi connectivity index (χ4v) is 2.57. The Morgan fingerprint density at radius 1 is 1.08 bits per heavy atom. The van der Waals surface area contributed by atoms with E-state index in [1.807, 2.05) is 0 Å². The zero-order valence-corrected chi connectivity index (χ0v) is 13.6. The summed E-state index contributed by atoms with van der Waals surface area (Å²) in [4.78, 5) is 4.24. The second-order valence-corrected chi connectivity index (χ2v) is 5.21. The van der Waals surface area contributed by atoms with Gasteiger partial charge in [0, 0.05) is 0 Å². The van der Waals surface area contributed by atoms with E-state index in [-0.39, 0.29) is 23.1 Å². The summed E-state index contributed by atoms with van der Waals surface area (Å²) in [6.45, 7) is -2.71. The number of rotatable bonds is 5. The number of benzene rings is 2. The first-order valence-corrected chi connectivity index (χ1v) is 7.43. The summed E-state index contributed by atoms with van der Waals surface area (Å²) >= 11 is 0. The van der Waals surface area contributed by atoms with Crippen molar-refractivity contribution in [1.82, 2.24) is 9.55 Å². The van der Waals surface area contributed by atoms with Crippen LogP contribution in [0.1, 0.15) is 17.9 Å². The zero-order valence-electron chi connectivity index (χ0n) is 13.6. The van der Waals surface area contributed by atoms with Crippen molar-refractivity contribution in [1.29, 1.82) is 0 Å². The molecule has 0 spiro atoms. The first kappa shape index (κ1) is 16.8. The Balaban J connectivity index is 2.05. The highest BCUT2D eigenvalue weighted by atomic mass is 19.3. The highest BCUT2D eigenvalue weighted by Gasteiger charge is 2.16. The molecule has 130 valence electrons. The number of ether oxygens (including phenoxy) is 2. The number of nitrogens with zero attached hydrogens (tertiary/aromatic N) is 2. The number of aromatic nitrogens is 2. The van der Waals surface area contributed by atoms with Gasteiger partial charge in [-0.2, -0.15) is 8.78 Å². The van der Waals surface area contributed by atoms with Crippen LogP contribution in [0.3, 0.4) is 0 Å². The van der Waals surface area contributed by atoms with Gasteiger partial charge in [0.05, 0.1) is 25.3 Å². The van der Waals surface area contributed by atoms with Crippen LogP contribution in [0.4, 0.5) is 8.78 Å². The van der Waals surface area contributed by atoms with Crippen molar-refractivity contribution in [2.24, 2.45) is 0 Å². The Hall–Kier alpha value is -3.09. The van der Waals surface area contributed by atoms with Crippen LogP contribution in [0.15, 0.2) is 36.4 Å². The van der Waals surface area contributed by atoms with Gasteiger partial charge in [0.25, 0.3) is 0 Å². The molecule has 0 bridgehead atoms. The molecule has 0 atom stereocenters. The monoisotopic (exact) mass is 346 g/mol. The van der Waals surface area contributed by atoms with Crippen molar-refractivity contribution in [3.8, 4) is 17.2 Å². The summed E-state index contributed by atoms with van der Waals surface area (Å²) in [5, 5.41) is 9.92. The van der Waals surface area contributed by atoms with Crippen LogP contribution in [0.2, 0.25) is 0 Å². The third-order valence-corrected chi connectivity index (χ3v) is 3.75. The SMILES string of the molecule is COc1cc(/C=C/c2nc3ccccc3n2C(F)F)cc(OC)c1O. The average molecular weight is 346 g/mol. The summed E-state index contributed by atoms with van der Waals surface area (Å²) in [6.07, 6.45) is 3.09. The van der Waals surface area contributed by atoms with Gasteiger partial charge in [-0.25, -0.2) is 4.98 Å². The van der Waals surface area contributed by atoms with Gasteiger partial charge in [-0.3, -0.25) is 4.57 Å². The summed E-state index contributed by atoms with van der Waals surface area (Å²) in [7, 11) is 2.83. The molecule has 25 heavy (non-hydrogen) atoms. The standard InChI is InChI=1S/C18H16F2N2O3/c1-24-14-9-11(10-15(25-2)17(14)23)7-8-16-21-12-5-3-4-6-13(12)22(16)18(19)20/h3-10,18,23H,1-2H3/b8-7+. The predicted octanol–water partition coefficient (Wildman–Crippen LogP) is 4.32. The van der Waals surface area contributed by atoms with Crippen LogP contribution >= 0.6 is 0 Å². The van der Waals surface area contributed by atoms with Crippen LogP contribution in [0.5, 0.6) is 17.2 Å². The molecule has 0 amide bonds. The van der Waals surface area contributed by atoms with Crippen LogP contribution in [0, 0.1) is 0 Å². The molecule has 5 nitrogen and oxygen atoms in total. The summed E-state index contributed by atoms with van der Waals surface area (Å²) in [5.41, 5.74) is 1.46. The number of para-hydroxylation sites is 2. The fourth-order valence-electron chi connectivity index (χ4n) is 2.57. The van der Waals surface area contributed by atoms with Crippen molar-refractivity contribution >= 4 is 23.2 Å². The number of hydrogen-bond donors (Lipinski definition) is 1. The van der Waals surface area contributed by atoms with Crippen molar-refractivity contribution in [2.75, 3.05) is 14.2 Å². The maximum atomic E-state index is 13.4. The minimum absolute atomic E-state index is 0.123. The van der Waals surface area contributed by atoms with Crippen LogP contribution < -0.4 is 9.47 Å². The molecule has 1 N–H and O–H groups in total. The third kappa shape index (κ3) is 3.13. The van der Waals surface area contributed by atoms with E-state index in [1.165, 1.54) is 20.3 Å². The maximum Gasteiger partial charge on any atom is 0.320 e. The lowest BCUT2D eigenvalue weighted by molar-refractivity contribution is 0.0739. The Morgan fingerprint density at radius 2 is 1.72 bits per heavy atom. The predicted molar refractivity (Wildman–Crippen MR) is 91.1 cm³/mol. The molecule has 3 rings (SSSR count). The van der Waals surface area contributed by atoms with Gasteiger partial charge in [0.2, 0.25) is 5.75 Å². The molecule has 0 aliphatic rings. The number of phenols is 1. The van der Waals surface area contributed by atoms with Gasteiger partial charge in [0.1, 0.15) is 5.82 Å². The number of alkyl halides is 2. The largest absolute Gasteiger partial charge is 0.502 e. The van der Waals surface area contributed by atoms with Crippen molar-refractivity contribution in [3.05, 3.63) is 47.8 Å². The minimum Gasteiger partial charge on any atom is -0.502 e. The first-order chi connectivity index (χ1) is 12.0. The van der Waals surface area contributed by atoms with Crippen LogP contribution in [-0.2, 0) is 0 Å². The highest BCUT2D eigenvalue weighted by Crippen LogP contribution is 2.37.